The van der Waals surface area contributed by atoms with E-state index in [9.17, 15) is 13.2 Å². The van der Waals surface area contributed by atoms with Crippen LogP contribution in [0.1, 0.15) is 29.6 Å². The van der Waals surface area contributed by atoms with E-state index < -0.39 is 15.6 Å². The van der Waals surface area contributed by atoms with Crippen molar-refractivity contribution in [1.29, 1.82) is 0 Å². The van der Waals surface area contributed by atoms with Gasteiger partial charge in [-0.3, -0.25) is 4.79 Å². The topological polar surface area (TPSA) is 72.9 Å². The highest BCUT2D eigenvalue weighted by Gasteiger charge is 2.45. The van der Waals surface area contributed by atoms with Gasteiger partial charge in [-0.1, -0.05) is 30.3 Å². The van der Waals surface area contributed by atoms with Crippen LogP contribution in [-0.2, 0) is 10.0 Å². The first kappa shape index (κ1) is 21.4. The Kier molecular flexibility index (Phi) is 5.27. The fraction of sp³-hybridized carbons (Fsp3) is 0.292. The molecular weight excluding hydrogens is 494 g/mol. The molecule has 1 spiro atoms. The van der Waals surface area contributed by atoms with Gasteiger partial charge in [-0.05, 0) is 45.6 Å². The van der Waals surface area contributed by atoms with Crippen molar-refractivity contribution in [3.05, 3.63) is 64.6 Å². The van der Waals surface area contributed by atoms with Crippen LogP contribution < -0.4 is 9.47 Å². The van der Waals surface area contributed by atoms with E-state index in [4.69, 9.17) is 9.47 Å². The van der Waals surface area contributed by atoms with E-state index in [0.717, 1.165) is 10.8 Å². The van der Waals surface area contributed by atoms with Crippen molar-refractivity contribution in [3.8, 4) is 11.5 Å². The maximum atomic E-state index is 13.2. The Balaban J connectivity index is 1.40. The molecule has 0 atom stereocenters. The summed E-state index contributed by atoms with van der Waals surface area (Å²) in [7, 11) is -2.13. The van der Waals surface area contributed by atoms with Crippen molar-refractivity contribution in [1.82, 2.24) is 4.31 Å². The minimum atomic E-state index is -3.67. The van der Waals surface area contributed by atoms with Crippen LogP contribution in [0.25, 0.3) is 10.8 Å². The smallest absolute Gasteiger partial charge is 0.243 e. The monoisotopic (exact) mass is 515 g/mol. The molecule has 32 heavy (non-hydrogen) atoms. The summed E-state index contributed by atoms with van der Waals surface area (Å²) < 4.78 is 40.2. The summed E-state index contributed by atoms with van der Waals surface area (Å²) in [4.78, 5) is 13.2. The van der Waals surface area contributed by atoms with Crippen molar-refractivity contribution >= 4 is 42.5 Å². The molecule has 2 aliphatic rings. The average molecular weight is 516 g/mol. The molecule has 0 unspecified atom stereocenters. The third-order valence-electron chi connectivity index (χ3n) is 6.38. The van der Waals surface area contributed by atoms with E-state index in [-0.39, 0.29) is 17.1 Å². The number of fused-ring (bicyclic) bond motifs is 3. The van der Waals surface area contributed by atoms with E-state index in [1.165, 1.54) is 11.4 Å². The van der Waals surface area contributed by atoms with E-state index >= 15 is 0 Å². The molecule has 3 aromatic carbocycles. The number of sulfonamides is 1. The molecule has 8 heteroatoms. The van der Waals surface area contributed by atoms with Crippen molar-refractivity contribution in [2.24, 2.45) is 0 Å². The van der Waals surface area contributed by atoms with E-state index in [1.807, 2.05) is 36.4 Å². The number of piperidine rings is 1. The van der Waals surface area contributed by atoms with Crippen molar-refractivity contribution in [3.63, 3.8) is 0 Å². The third-order valence-corrected chi connectivity index (χ3v) is 8.89. The zero-order valence-corrected chi connectivity index (χ0v) is 19.9. The number of methoxy groups -OCH3 is 1. The summed E-state index contributed by atoms with van der Waals surface area (Å²) >= 11 is 3.36. The van der Waals surface area contributed by atoms with Crippen LogP contribution in [0.3, 0.4) is 0 Å². The molecule has 3 aromatic rings. The summed E-state index contributed by atoms with van der Waals surface area (Å²) in [5.74, 6) is 1.24. The average Bonchev–Trinajstić information content (AvgIpc) is 2.79. The van der Waals surface area contributed by atoms with Crippen LogP contribution >= 0.6 is 15.9 Å². The largest absolute Gasteiger partial charge is 0.496 e. The van der Waals surface area contributed by atoms with Gasteiger partial charge in [0.05, 0.1) is 28.5 Å². The number of rotatable bonds is 3. The van der Waals surface area contributed by atoms with Crippen LogP contribution in [0.5, 0.6) is 11.5 Å². The van der Waals surface area contributed by atoms with Crippen molar-refractivity contribution < 1.29 is 22.7 Å². The van der Waals surface area contributed by atoms with E-state index in [1.54, 1.807) is 18.2 Å². The van der Waals surface area contributed by atoms with Gasteiger partial charge >= 0.3 is 0 Å². The minimum Gasteiger partial charge on any atom is -0.496 e. The predicted molar refractivity (Wildman–Crippen MR) is 125 cm³/mol. The molecule has 0 bridgehead atoms. The Morgan fingerprint density at radius 1 is 1.06 bits per heavy atom. The van der Waals surface area contributed by atoms with Gasteiger partial charge < -0.3 is 9.47 Å². The fourth-order valence-electron chi connectivity index (χ4n) is 4.58. The zero-order chi connectivity index (χ0) is 22.5. The summed E-state index contributed by atoms with van der Waals surface area (Å²) in [6.45, 7) is 0.582. The molecule has 0 amide bonds. The SMILES string of the molecule is COc1ccc(S(=O)(=O)N2CCC3(CC2)CC(=O)c2ccc4ccccc4c2O3)cc1Br. The molecule has 2 aliphatic heterocycles. The molecule has 5 rings (SSSR count). The summed E-state index contributed by atoms with van der Waals surface area (Å²) in [6, 6.07) is 16.3. The second kappa shape index (κ2) is 7.86. The lowest BCUT2D eigenvalue weighted by molar-refractivity contribution is 0.00715. The first-order valence-corrected chi connectivity index (χ1v) is 12.6. The van der Waals surface area contributed by atoms with Gasteiger partial charge in [-0.15, -0.1) is 0 Å². The lowest BCUT2D eigenvalue weighted by Crippen LogP contribution is -2.52. The lowest BCUT2D eigenvalue weighted by atomic mass is 9.82. The quantitative estimate of drug-likeness (QED) is 0.500. The highest BCUT2D eigenvalue weighted by Crippen LogP contribution is 2.43. The number of Topliss-reactive ketones (excluding diaryl/α,β-unsaturated/α-hetero) is 1. The molecule has 0 saturated carbocycles. The molecule has 1 fully saturated rings. The standard InChI is InChI=1S/C24H22BrNO5S/c1-30-22-9-7-17(14-20(22)25)32(28,29)26-12-10-24(11-13-26)15-21(27)19-8-6-16-4-2-3-5-18(16)23(19)31-24/h2-9,14H,10-13,15H2,1H3. The Bertz CT molecular complexity index is 1330. The molecule has 2 heterocycles. The lowest BCUT2D eigenvalue weighted by Gasteiger charge is -2.43. The van der Waals surface area contributed by atoms with E-state index in [0.29, 0.717) is 47.5 Å². The Morgan fingerprint density at radius 2 is 1.81 bits per heavy atom. The number of carbonyl (C=O) groups is 1. The second-order valence-electron chi connectivity index (χ2n) is 8.25. The summed E-state index contributed by atoms with van der Waals surface area (Å²) in [5.41, 5.74) is -0.0757. The Labute approximate surface area is 195 Å². The van der Waals surface area contributed by atoms with Gasteiger partial charge in [0.1, 0.15) is 17.1 Å². The number of hydrogen-bond acceptors (Lipinski definition) is 5. The van der Waals surface area contributed by atoms with Crippen LogP contribution in [0.4, 0.5) is 0 Å². The molecule has 166 valence electrons. The second-order valence-corrected chi connectivity index (χ2v) is 11.0. The Morgan fingerprint density at radius 3 is 2.53 bits per heavy atom. The number of ether oxygens (including phenoxy) is 2. The van der Waals surface area contributed by atoms with Crippen LogP contribution in [0.2, 0.25) is 0 Å². The number of halogens is 1. The number of ketones is 1. The number of hydrogen-bond donors (Lipinski definition) is 0. The normalized spacial score (nSPS) is 18.4. The van der Waals surface area contributed by atoms with Gasteiger partial charge in [-0.25, -0.2) is 8.42 Å². The summed E-state index contributed by atoms with van der Waals surface area (Å²) in [6.07, 6.45) is 1.18. The van der Waals surface area contributed by atoms with Gasteiger partial charge in [0.2, 0.25) is 10.0 Å². The third kappa shape index (κ3) is 3.50. The first-order valence-electron chi connectivity index (χ1n) is 10.4. The molecule has 0 radical (unpaired) electrons. The molecule has 1 saturated heterocycles. The van der Waals surface area contributed by atoms with Gasteiger partial charge in [0.25, 0.3) is 0 Å². The maximum absolute atomic E-state index is 13.2. The fourth-order valence-corrected chi connectivity index (χ4v) is 6.74. The zero-order valence-electron chi connectivity index (χ0n) is 17.5. The van der Waals surface area contributed by atoms with Gasteiger partial charge in [0, 0.05) is 31.3 Å². The van der Waals surface area contributed by atoms with Crippen molar-refractivity contribution in [2.45, 2.75) is 29.8 Å². The predicted octanol–water partition coefficient (Wildman–Crippen LogP) is 4.80. The highest BCUT2D eigenvalue weighted by atomic mass is 79.9. The molecule has 0 N–H and O–H groups in total. The van der Waals surface area contributed by atoms with Gasteiger partial charge in [0.15, 0.2) is 5.78 Å². The van der Waals surface area contributed by atoms with Crippen LogP contribution in [0.15, 0.2) is 64.0 Å². The molecular formula is C24H22BrNO5S. The first-order chi connectivity index (χ1) is 15.3. The van der Waals surface area contributed by atoms with Gasteiger partial charge in [-0.2, -0.15) is 4.31 Å². The number of carbonyl (C=O) groups excluding carboxylic acids is 1. The highest BCUT2D eigenvalue weighted by molar-refractivity contribution is 9.10. The molecule has 0 aliphatic carbocycles. The minimum absolute atomic E-state index is 0.0485. The number of nitrogens with zero attached hydrogens (tertiary/aromatic N) is 1. The molecule has 0 aromatic heterocycles. The number of benzene rings is 3. The van der Waals surface area contributed by atoms with Crippen LogP contribution in [-0.4, -0.2) is 44.3 Å². The van der Waals surface area contributed by atoms with Crippen LogP contribution in [0, 0.1) is 0 Å². The Hall–Kier alpha value is -2.42. The summed E-state index contributed by atoms with van der Waals surface area (Å²) in [5, 5.41) is 1.93. The maximum Gasteiger partial charge on any atom is 0.243 e. The van der Waals surface area contributed by atoms with E-state index in [2.05, 4.69) is 15.9 Å². The van der Waals surface area contributed by atoms with Crippen molar-refractivity contribution in [2.75, 3.05) is 20.2 Å². The molecule has 6 nitrogen and oxygen atoms in total.